The van der Waals surface area contributed by atoms with Crippen LogP contribution in [0.1, 0.15) is 25.5 Å². The van der Waals surface area contributed by atoms with E-state index in [-0.39, 0.29) is 7.13 Å². The van der Waals surface area contributed by atoms with E-state index in [4.69, 9.17) is 21.4 Å². The van der Waals surface area contributed by atoms with Gasteiger partial charge in [-0.3, -0.25) is 4.40 Å². The molecule has 3 heterocycles. The van der Waals surface area contributed by atoms with Crippen molar-refractivity contribution in [2.45, 2.75) is 20.8 Å². The quantitative estimate of drug-likeness (QED) is 0.111. The highest BCUT2D eigenvalue weighted by atomic mass is 16.5. The summed E-state index contributed by atoms with van der Waals surface area (Å²) in [5.74, 6) is 37.7. The molecule has 0 aliphatic rings. The van der Waals surface area contributed by atoms with Crippen molar-refractivity contribution >= 4 is 17.0 Å². The van der Waals surface area contributed by atoms with Crippen LogP contribution in [0.4, 0.5) is 11.4 Å². The third-order valence-corrected chi connectivity index (χ3v) is 4.84. The third kappa shape index (κ3) is 12.3. The minimum absolute atomic E-state index is 0. The Morgan fingerprint density at radius 3 is 2.02 bits per heavy atom. The lowest BCUT2D eigenvalue weighted by atomic mass is 10.1. The minimum Gasteiger partial charge on any atom is -0.361 e. The Kier molecular flexibility index (Phi) is 15.6. The van der Waals surface area contributed by atoms with Crippen molar-refractivity contribution in [3.05, 3.63) is 65.3 Å². The van der Waals surface area contributed by atoms with E-state index in [0.29, 0.717) is 0 Å². The van der Waals surface area contributed by atoms with Crippen LogP contribution in [0.5, 0.6) is 0 Å². The maximum absolute atomic E-state index is 8.91. The second kappa shape index (κ2) is 20.9. The van der Waals surface area contributed by atoms with Crippen LogP contribution in [-0.2, 0) is 0 Å². The van der Waals surface area contributed by atoms with Gasteiger partial charge in [0.1, 0.15) is 17.4 Å². The summed E-state index contributed by atoms with van der Waals surface area (Å²) in [7, 11) is 0. The van der Waals surface area contributed by atoms with E-state index in [1.165, 1.54) is 0 Å². The molecule has 4 aromatic rings. The summed E-state index contributed by atoms with van der Waals surface area (Å²) in [6, 6.07) is 12.0. The smallest absolute Gasteiger partial charge is 0.184 e. The van der Waals surface area contributed by atoms with Gasteiger partial charge >= 0.3 is 0 Å². The number of nitroso groups, excluding NO2 is 1. The molecular weight excluding hydrogens is 580 g/mol. The fraction of sp³-hybridized carbons (Fsp3) is 0.0882. The molecule has 46 heavy (non-hydrogen) atoms. The van der Waals surface area contributed by atoms with Crippen LogP contribution in [-0.4, -0.2) is 19.8 Å². The summed E-state index contributed by atoms with van der Waals surface area (Å²) in [4.78, 5) is 8.91. The molecule has 228 valence electrons. The minimum atomic E-state index is 0. The van der Waals surface area contributed by atoms with Crippen LogP contribution in [0.2, 0.25) is 0 Å². The van der Waals surface area contributed by atoms with Gasteiger partial charge in [0.05, 0.1) is 11.4 Å². The normalized spacial score (nSPS) is 8.04. The number of terminal acetylenes is 1. The molecule has 0 aliphatic heterocycles. The molecule has 0 radical (unpaired) electrons. The molecule has 0 saturated carbocycles. The number of aryl methyl sites for hydroxylation is 2. The fourth-order valence-electron chi connectivity index (χ4n) is 3.22. The second-order valence-corrected chi connectivity index (χ2v) is 7.77. The van der Waals surface area contributed by atoms with Crippen molar-refractivity contribution in [1.29, 1.82) is 5.53 Å². The predicted octanol–water partition coefficient (Wildman–Crippen LogP) is 6.70. The molecule has 0 fully saturated rings. The number of nitrogens with one attached hydrogen (secondary N) is 2. The molecule has 1 aromatic carbocycles. The molecule has 0 aliphatic carbocycles. The molecule has 2 N–H and O–H groups in total. The molecule has 0 atom stereocenters. The SMILES string of the molecule is C#CC#CC#CC#CC#CC#CC#CC#CC.Cc1noc(C)c1-c1cc(Nc2ccccc2)c2nncn2c1.N=N/N=N/N=O.[HH].[HH].[HH].[HH].[HH]. The predicted molar refractivity (Wildman–Crippen MR) is 183 cm³/mol. The lowest BCUT2D eigenvalue weighted by Crippen LogP contribution is -1.96. The lowest BCUT2D eigenvalue weighted by molar-refractivity contribution is 0.393. The summed E-state index contributed by atoms with van der Waals surface area (Å²) in [6.07, 6.45) is 8.56. The van der Waals surface area contributed by atoms with Crippen molar-refractivity contribution in [2.24, 2.45) is 21.0 Å². The van der Waals surface area contributed by atoms with E-state index < -0.39 is 0 Å². The molecule has 0 unspecified atom stereocenters. The van der Waals surface area contributed by atoms with Gasteiger partial charge in [0.2, 0.25) is 0 Å². The molecule has 4 rings (SSSR count). The Hall–Kier alpha value is -7.87. The van der Waals surface area contributed by atoms with Crippen molar-refractivity contribution in [3.8, 4) is 106 Å². The first-order valence-electron chi connectivity index (χ1n) is 12.6. The van der Waals surface area contributed by atoms with Crippen LogP contribution < -0.4 is 5.32 Å². The maximum atomic E-state index is 8.91. The van der Waals surface area contributed by atoms with E-state index in [1.54, 1.807) is 13.3 Å². The average molecular weight is 611 g/mol. The molecule has 0 spiro atoms. The molecular formula is C34H30N10O2. The van der Waals surface area contributed by atoms with Crippen LogP contribution >= 0.6 is 0 Å². The van der Waals surface area contributed by atoms with Crippen molar-refractivity contribution in [3.63, 3.8) is 0 Å². The lowest BCUT2D eigenvalue weighted by Gasteiger charge is -2.10. The summed E-state index contributed by atoms with van der Waals surface area (Å²) in [6.45, 7) is 5.55. The topological polar surface area (TPSA) is 159 Å². The third-order valence-electron chi connectivity index (χ3n) is 4.84. The number of anilines is 2. The zero-order chi connectivity index (χ0) is 33.2. The Balaban J connectivity index is -0.000000355. The zero-order valence-corrected chi connectivity index (χ0v) is 24.6. The van der Waals surface area contributed by atoms with Crippen LogP contribution in [0.15, 0.2) is 74.4 Å². The van der Waals surface area contributed by atoms with Crippen LogP contribution in [0.3, 0.4) is 0 Å². The monoisotopic (exact) mass is 610 g/mol. The first-order valence-corrected chi connectivity index (χ1v) is 12.6. The van der Waals surface area contributed by atoms with E-state index in [2.05, 4.69) is 125 Å². The first kappa shape index (κ1) is 34.3. The summed E-state index contributed by atoms with van der Waals surface area (Å²) in [5, 5.41) is 24.9. The van der Waals surface area contributed by atoms with Crippen LogP contribution in [0.25, 0.3) is 16.8 Å². The first-order chi connectivity index (χ1) is 22.5. The number of pyridine rings is 1. The van der Waals surface area contributed by atoms with E-state index >= 15 is 0 Å². The number of para-hydroxylation sites is 1. The average Bonchev–Trinajstić information content (AvgIpc) is 3.69. The van der Waals surface area contributed by atoms with Gasteiger partial charge in [0, 0.05) is 35.4 Å². The van der Waals surface area contributed by atoms with Crippen molar-refractivity contribution < 1.29 is 11.7 Å². The number of aromatic nitrogens is 4. The van der Waals surface area contributed by atoms with Gasteiger partial charge in [0.25, 0.3) is 0 Å². The number of rotatable bonds is 5. The number of hydrogen-bond donors (Lipinski definition) is 2. The largest absolute Gasteiger partial charge is 0.361 e. The Morgan fingerprint density at radius 2 is 1.52 bits per heavy atom. The Morgan fingerprint density at radius 1 is 0.913 bits per heavy atom. The standard InChI is InChI=1S/C17H15N5O.C17H4.HN5O.5H2/c1-11-16(12(2)23-21-11)13-8-15(17-20-18-10-22(17)9-13)19-14-6-4-3-5-7-14;1-3-5-7-9-11-13-15-17-16-14-12-10-8-6-4-2;1-2-3-4-5-6;;;;;/h3-10,19H,1-2H3;1H,2H3;1H;5*1H/b;;2-1?,4-3+;;;;;. The second-order valence-electron chi connectivity index (χ2n) is 7.77. The van der Waals surface area contributed by atoms with Gasteiger partial charge in [-0.1, -0.05) is 29.3 Å². The van der Waals surface area contributed by atoms with Crippen molar-refractivity contribution in [1.82, 2.24) is 19.8 Å². The van der Waals surface area contributed by atoms with Crippen molar-refractivity contribution in [2.75, 3.05) is 5.32 Å². The number of benzene rings is 1. The molecule has 12 heteroatoms. The van der Waals surface area contributed by atoms with Gasteiger partial charge in [0.15, 0.2) is 5.65 Å². The summed E-state index contributed by atoms with van der Waals surface area (Å²) in [5.41, 5.74) is 11.4. The van der Waals surface area contributed by atoms with Gasteiger partial charge in [-0.15, -0.1) is 21.5 Å². The molecule has 12 nitrogen and oxygen atoms in total. The number of fused-ring (bicyclic) bond motifs is 1. The Bertz CT molecular complexity index is 2200. The van der Waals surface area contributed by atoms with E-state index in [9.17, 15) is 0 Å². The number of nitrogens with zero attached hydrogens (tertiary/aromatic N) is 8. The van der Waals surface area contributed by atoms with Gasteiger partial charge < -0.3 is 9.84 Å². The highest BCUT2D eigenvalue weighted by Gasteiger charge is 2.15. The fourth-order valence-corrected chi connectivity index (χ4v) is 3.22. The molecule has 0 bridgehead atoms. The van der Waals surface area contributed by atoms with Gasteiger partial charge in [-0.05, 0) is 132 Å². The summed E-state index contributed by atoms with van der Waals surface area (Å²) < 4.78 is 7.19. The molecule has 3 aromatic heterocycles. The van der Waals surface area contributed by atoms with Gasteiger partial charge in [-0.2, -0.15) is 5.53 Å². The maximum Gasteiger partial charge on any atom is 0.184 e. The van der Waals surface area contributed by atoms with Gasteiger partial charge in [-0.25, -0.2) is 0 Å². The highest BCUT2D eigenvalue weighted by molar-refractivity contribution is 5.80. The van der Waals surface area contributed by atoms with E-state index in [1.807, 2.05) is 66.1 Å². The zero-order valence-electron chi connectivity index (χ0n) is 24.6. The van der Waals surface area contributed by atoms with Crippen LogP contribution in [0, 0.1) is 120 Å². The summed E-state index contributed by atoms with van der Waals surface area (Å²) >= 11 is 0. The number of hydrogen-bond acceptors (Lipinski definition) is 7. The highest BCUT2D eigenvalue weighted by Crippen LogP contribution is 2.31. The van der Waals surface area contributed by atoms with E-state index in [0.717, 1.165) is 39.6 Å². The molecule has 0 amide bonds. The Labute approximate surface area is 272 Å². The molecule has 0 saturated heterocycles.